The van der Waals surface area contributed by atoms with E-state index >= 15 is 0 Å². The minimum atomic E-state index is -0.379. The summed E-state index contributed by atoms with van der Waals surface area (Å²) >= 11 is 2.99. The fourth-order valence-electron chi connectivity index (χ4n) is 1.13. The van der Waals surface area contributed by atoms with Crippen LogP contribution in [0.2, 0.25) is 0 Å². The Morgan fingerprint density at radius 2 is 2.42 bits per heavy atom. The molecule has 0 aromatic carbocycles. The van der Waals surface area contributed by atoms with Gasteiger partial charge in [-0.15, -0.1) is 0 Å². The topological polar surface area (TPSA) is 33.2 Å². The predicted molar refractivity (Wildman–Crippen MR) is 44.3 cm³/mol. The Hall–Kier alpha value is -0.970. The highest BCUT2D eigenvalue weighted by molar-refractivity contribution is 9.10. The molecule has 0 saturated heterocycles. The summed E-state index contributed by atoms with van der Waals surface area (Å²) in [7, 11) is 0. The number of carbonyl (C=O) groups excluding carboxylic acids is 1. The van der Waals surface area contributed by atoms with Crippen molar-refractivity contribution in [3.05, 3.63) is 23.6 Å². The molecular formula is C7H4BrFN2O. The quantitative estimate of drug-likeness (QED) is 0.632. The van der Waals surface area contributed by atoms with Crippen LogP contribution in [0.1, 0.15) is 5.56 Å². The lowest BCUT2D eigenvalue weighted by Crippen LogP contribution is -2.14. The first kappa shape index (κ1) is 7.67. The molecule has 1 aliphatic rings. The van der Waals surface area contributed by atoms with Crippen LogP contribution in [-0.2, 0) is 11.2 Å². The van der Waals surface area contributed by atoms with Gasteiger partial charge in [0.05, 0.1) is 22.6 Å². The van der Waals surface area contributed by atoms with Gasteiger partial charge in [-0.05, 0) is 6.07 Å². The van der Waals surface area contributed by atoms with Gasteiger partial charge in [0.15, 0.2) is 5.82 Å². The van der Waals surface area contributed by atoms with Gasteiger partial charge in [-0.1, -0.05) is 0 Å². The van der Waals surface area contributed by atoms with Gasteiger partial charge in [0.25, 0.3) is 0 Å². The van der Waals surface area contributed by atoms with Gasteiger partial charge in [-0.3, -0.25) is 4.79 Å². The Morgan fingerprint density at radius 1 is 1.67 bits per heavy atom. The summed E-state index contributed by atoms with van der Waals surface area (Å²) in [4.78, 5) is 14.9. The van der Waals surface area contributed by atoms with Crippen LogP contribution >= 0.6 is 16.1 Å². The number of hydrogen-bond acceptors (Lipinski definition) is 2. The van der Waals surface area contributed by atoms with Crippen molar-refractivity contribution in [2.75, 3.05) is 3.93 Å². The summed E-state index contributed by atoms with van der Waals surface area (Å²) < 4.78 is 14.2. The Labute approximate surface area is 76.5 Å². The summed E-state index contributed by atoms with van der Waals surface area (Å²) in [6, 6.07) is 1.25. The molecule has 12 heavy (non-hydrogen) atoms. The minimum absolute atomic E-state index is 0.0836. The van der Waals surface area contributed by atoms with Crippen molar-refractivity contribution in [2.45, 2.75) is 6.42 Å². The SMILES string of the molecule is O=C1Cc2c(F)ccnc2N1Br. The normalized spacial score (nSPS) is 15.2. The zero-order valence-electron chi connectivity index (χ0n) is 5.92. The fourth-order valence-corrected chi connectivity index (χ4v) is 1.56. The molecule has 2 rings (SSSR count). The molecule has 0 N–H and O–H groups in total. The Kier molecular flexibility index (Phi) is 1.61. The second kappa shape index (κ2) is 2.52. The number of pyridine rings is 1. The average Bonchev–Trinajstić information content (AvgIpc) is 2.32. The van der Waals surface area contributed by atoms with Crippen molar-refractivity contribution in [3.8, 4) is 0 Å². The third-order valence-electron chi connectivity index (χ3n) is 1.71. The Bertz CT molecular complexity index is 355. The first-order valence-corrected chi connectivity index (χ1v) is 4.03. The Balaban J connectivity index is 2.60. The number of amides is 1. The van der Waals surface area contributed by atoms with Crippen LogP contribution in [0.5, 0.6) is 0 Å². The predicted octanol–water partition coefficient (Wildman–Crippen LogP) is 1.42. The van der Waals surface area contributed by atoms with Gasteiger partial charge in [-0.25, -0.2) is 13.3 Å². The number of carbonyl (C=O) groups is 1. The number of aromatic nitrogens is 1. The smallest absolute Gasteiger partial charge is 0.243 e. The van der Waals surface area contributed by atoms with Gasteiger partial charge >= 0.3 is 0 Å². The van der Waals surface area contributed by atoms with Crippen molar-refractivity contribution in [1.82, 2.24) is 4.98 Å². The monoisotopic (exact) mass is 230 g/mol. The van der Waals surface area contributed by atoms with E-state index in [1.807, 2.05) is 0 Å². The van der Waals surface area contributed by atoms with Gasteiger partial charge in [0.1, 0.15) is 5.82 Å². The second-order valence-corrected chi connectivity index (χ2v) is 3.16. The van der Waals surface area contributed by atoms with Gasteiger partial charge in [0, 0.05) is 11.8 Å². The molecule has 0 spiro atoms. The molecule has 0 unspecified atom stereocenters. The minimum Gasteiger partial charge on any atom is -0.273 e. The van der Waals surface area contributed by atoms with Crippen LogP contribution in [0.15, 0.2) is 12.3 Å². The van der Waals surface area contributed by atoms with E-state index in [9.17, 15) is 9.18 Å². The molecular weight excluding hydrogens is 227 g/mol. The molecule has 0 aliphatic carbocycles. The molecule has 3 nitrogen and oxygen atoms in total. The maximum atomic E-state index is 13.0. The lowest BCUT2D eigenvalue weighted by Gasteiger charge is -2.03. The van der Waals surface area contributed by atoms with Crippen molar-refractivity contribution in [3.63, 3.8) is 0 Å². The highest BCUT2D eigenvalue weighted by atomic mass is 79.9. The molecule has 0 bridgehead atoms. The number of nitrogens with zero attached hydrogens (tertiary/aromatic N) is 2. The summed E-state index contributed by atoms with van der Waals surface area (Å²) in [6.07, 6.45) is 1.42. The lowest BCUT2D eigenvalue weighted by molar-refractivity contribution is -0.116. The standard InChI is InChI=1S/C7H4BrFN2O/c8-11-6(12)3-4-5(9)1-2-10-7(4)11/h1-2H,3H2. The maximum absolute atomic E-state index is 13.0. The second-order valence-electron chi connectivity index (χ2n) is 2.45. The maximum Gasteiger partial charge on any atom is 0.243 e. The summed E-state index contributed by atoms with van der Waals surface area (Å²) in [5.41, 5.74) is 0.361. The molecule has 1 aliphatic heterocycles. The van der Waals surface area contributed by atoms with E-state index in [0.717, 1.165) is 0 Å². The van der Waals surface area contributed by atoms with E-state index in [2.05, 4.69) is 21.1 Å². The summed E-state index contributed by atoms with van der Waals surface area (Å²) in [5, 5.41) is 0. The van der Waals surface area contributed by atoms with Crippen LogP contribution in [0.4, 0.5) is 10.2 Å². The number of fused-ring (bicyclic) bond motifs is 1. The highest BCUT2D eigenvalue weighted by Crippen LogP contribution is 2.30. The Morgan fingerprint density at radius 3 is 3.08 bits per heavy atom. The van der Waals surface area contributed by atoms with Crippen molar-refractivity contribution in [2.24, 2.45) is 0 Å². The molecule has 1 amide bonds. The van der Waals surface area contributed by atoms with Crippen LogP contribution in [0.3, 0.4) is 0 Å². The number of anilines is 1. The first-order chi connectivity index (χ1) is 5.70. The highest BCUT2D eigenvalue weighted by Gasteiger charge is 2.29. The van der Waals surface area contributed by atoms with Crippen molar-refractivity contribution in [1.29, 1.82) is 0 Å². The molecule has 0 fully saturated rings. The zero-order valence-corrected chi connectivity index (χ0v) is 7.51. The number of hydrogen-bond donors (Lipinski definition) is 0. The largest absolute Gasteiger partial charge is 0.273 e. The van der Waals surface area contributed by atoms with Crippen molar-refractivity contribution >= 4 is 27.9 Å². The average molecular weight is 231 g/mol. The van der Waals surface area contributed by atoms with E-state index < -0.39 is 0 Å². The van der Waals surface area contributed by atoms with Crippen LogP contribution in [0, 0.1) is 5.82 Å². The van der Waals surface area contributed by atoms with E-state index in [4.69, 9.17) is 0 Å². The molecule has 0 atom stereocenters. The van der Waals surface area contributed by atoms with Crippen LogP contribution in [0.25, 0.3) is 0 Å². The van der Waals surface area contributed by atoms with Crippen LogP contribution < -0.4 is 3.93 Å². The summed E-state index contributed by atoms with van der Waals surface area (Å²) in [5.74, 6) is -0.210. The first-order valence-electron chi connectivity index (χ1n) is 3.32. The van der Waals surface area contributed by atoms with E-state index in [1.54, 1.807) is 0 Å². The fraction of sp³-hybridized carbons (Fsp3) is 0.143. The van der Waals surface area contributed by atoms with Crippen molar-refractivity contribution < 1.29 is 9.18 Å². The third-order valence-corrected chi connectivity index (χ3v) is 2.44. The van der Waals surface area contributed by atoms with Crippen LogP contribution in [-0.4, -0.2) is 10.9 Å². The lowest BCUT2D eigenvalue weighted by atomic mass is 10.2. The van der Waals surface area contributed by atoms with Gasteiger partial charge < -0.3 is 0 Å². The van der Waals surface area contributed by atoms with E-state index in [0.29, 0.717) is 11.4 Å². The molecule has 0 radical (unpaired) electrons. The van der Waals surface area contributed by atoms with E-state index in [-0.39, 0.29) is 18.1 Å². The molecule has 5 heteroatoms. The third kappa shape index (κ3) is 0.929. The number of halogens is 2. The van der Waals surface area contributed by atoms with E-state index in [1.165, 1.54) is 16.2 Å². The van der Waals surface area contributed by atoms with Gasteiger partial charge in [0.2, 0.25) is 5.91 Å². The molecule has 62 valence electrons. The van der Waals surface area contributed by atoms with Gasteiger partial charge in [-0.2, -0.15) is 0 Å². The molecule has 2 heterocycles. The molecule has 0 saturated carbocycles. The number of rotatable bonds is 0. The zero-order chi connectivity index (χ0) is 8.72. The molecule has 1 aromatic heterocycles. The molecule has 1 aromatic rings. The summed E-state index contributed by atoms with van der Waals surface area (Å²) in [6.45, 7) is 0.